The Hall–Kier alpha value is -1.02. The summed E-state index contributed by atoms with van der Waals surface area (Å²) in [7, 11) is 0. The van der Waals surface area contributed by atoms with Crippen LogP contribution in [0.15, 0.2) is 24.3 Å². The number of aryl methyl sites for hydroxylation is 1. The first kappa shape index (κ1) is 11.5. The molecule has 0 radical (unpaired) electrons. The lowest BCUT2D eigenvalue weighted by Crippen LogP contribution is -2.32. The van der Waals surface area contributed by atoms with E-state index in [1.54, 1.807) is 0 Å². The molecule has 1 aliphatic heterocycles. The zero-order chi connectivity index (χ0) is 11.4. The van der Waals surface area contributed by atoms with Crippen LogP contribution in [0.2, 0.25) is 0 Å². The summed E-state index contributed by atoms with van der Waals surface area (Å²) in [5.41, 5.74) is 2.70. The van der Waals surface area contributed by atoms with E-state index in [4.69, 9.17) is 4.74 Å². The highest BCUT2D eigenvalue weighted by Crippen LogP contribution is 2.21. The van der Waals surface area contributed by atoms with Gasteiger partial charge in [0.25, 0.3) is 0 Å². The fourth-order valence-corrected chi connectivity index (χ4v) is 2.32. The van der Waals surface area contributed by atoms with Gasteiger partial charge in [0, 0.05) is 18.3 Å². The van der Waals surface area contributed by atoms with E-state index >= 15 is 0 Å². The smallest absolute Gasteiger partial charge is 0.0566 e. The van der Waals surface area contributed by atoms with Gasteiger partial charge in [0.05, 0.1) is 6.10 Å². The van der Waals surface area contributed by atoms with E-state index < -0.39 is 0 Å². The predicted molar refractivity (Wildman–Crippen MR) is 67.9 cm³/mol. The molecule has 1 aromatic rings. The molecule has 2 nitrogen and oxygen atoms in total. The maximum absolute atomic E-state index is 5.56. The molecule has 2 rings (SSSR count). The van der Waals surface area contributed by atoms with Crippen molar-refractivity contribution in [1.82, 2.24) is 0 Å². The molecule has 1 aromatic carbocycles. The minimum absolute atomic E-state index is 0.389. The van der Waals surface area contributed by atoms with Crippen molar-refractivity contribution in [2.45, 2.75) is 45.3 Å². The molecule has 1 fully saturated rings. The summed E-state index contributed by atoms with van der Waals surface area (Å²) in [6, 6.07) is 9.15. The Kier molecular flexibility index (Phi) is 3.83. The molecule has 0 bridgehead atoms. The standard InChI is InChI=1S/C14H21NO/c1-3-12-6-4-5-7-14(12)15-13-8-9-16-11(2)10-13/h4-7,11,13,15H,3,8-10H2,1-2H3. The summed E-state index contributed by atoms with van der Waals surface area (Å²) in [6.45, 7) is 5.24. The summed E-state index contributed by atoms with van der Waals surface area (Å²) >= 11 is 0. The maximum Gasteiger partial charge on any atom is 0.0566 e. The van der Waals surface area contributed by atoms with Gasteiger partial charge in [-0.1, -0.05) is 25.1 Å². The van der Waals surface area contributed by atoms with Crippen molar-refractivity contribution in [3.8, 4) is 0 Å². The van der Waals surface area contributed by atoms with Crippen LogP contribution in [-0.2, 0) is 11.2 Å². The summed E-state index contributed by atoms with van der Waals surface area (Å²) in [6.07, 6.45) is 3.70. The molecule has 0 amide bonds. The largest absolute Gasteiger partial charge is 0.382 e. The van der Waals surface area contributed by atoms with Gasteiger partial charge in [0.15, 0.2) is 0 Å². The predicted octanol–water partition coefficient (Wildman–Crippen LogP) is 3.23. The average molecular weight is 219 g/mol. The summed E-state index contributed by atoms with van der Waals surface area (Å²) in [5, 5.41) is 3.65. The number of hydrogen-bond acceptors (Lipinski definition) is 2. The minimum atomic E-state index is 0.389. The van der Waals surface area contributed by atoms with E-state index in [1.807, 2.05) is 0 Å². The number of anilines is 1. The highest BCUT2D eigenvalue weighted by atomic mass is 16.5. The van der Waals surface area contributed by atoms with Crippen molar-refractivity contribution in [1.29, 1.82) is 0 Å². The number of benzene rings is 1. The number of hydrogen-bond donors (Lipinski definition) is 1. The lowest BCUT2D eigenvalue weighted by Gasteiger charge is -2.29. The molecule has 2 unspecified atom stereocenters. The van der Waals surface area contributed by atoms with Crippen LogP contribution in [0.1, 0.15) is 32.3 Å². The zero-order valence-electron chi connectivity index (χ0n) is 10.2. The summed E-state index contributed by atoms with van der Waals surface area (Å²) in [5.74, 6) is 0. The second-order valence-electron chi connectivity index (χ2n) is 4.56. The topological polar surface area (TPSA) is 21.3 Å². The van der Waals surface area contributed by atoms with Gasteiger partial charge in [-0.2, -0.15) is 0 Å². The van der Waals surface area contributed by atoms with Crippen LogP contribution in [0, 0.1) is 0 Å². The molecule has 0 spiro atoms. The van der Waals surface area contributed by atoms with Crippen LogP contribution in [0.25, 0.3) is 0 Å². The van der Waals surface area contributed by atoms with Crippen molar-refractivity contribution in [3.63, 3.8) is 0 Å². The van der Waals surface area contributed by atoms with Crippen LogP contribution in [0.3, 0.4) is 0 Å². The summed E-state index contributed by atoms with van der Waals surface area (Å²) in [4.78, 5) is 0. The molecule has 1 N–H and O–H groups in total. The van der Waals surface area contributed by atoms with Gasteiger partial charge in [-0.15, -0.1) is 0 Å². The van der Waals surface area contributed by atoms with Gasteiger partial charge in [0.1, 0.15) is 0 Å². The normalized spacial score (nSPS) is 25.4. The molecular weight excluding hydrogens is 198 g/mol. The number of nitrogens with one attached hydrogen (secondary N) is 1. The molecular formula is C14H21NO. The Morgan fingerprint density at radius 1 is 1.38 bits per heavy atom. The second-order valence-corrected chi connectivity index (χ2v) is 4.56. The fraction of sp³-hybridized carbons (Fsp3) is 0.571. The van der Waals surface area contributed by atoms with E-state index in [9.17, 15) is 0 Å². The molecule has 16 heavy (non-hydrogen) atoms. The van der Waals surface area contributed by atoms with Gasteiger partial charge >= 0.3 is 0 Å². The Labute approximate surface area is 98.0 Å². The fourth-order valence-electron chi connectivity index (χ4n) is 2.32. The van der Waals surface area contributed by atoms with Crippen molar-refractivity contribution < 1.29 is 4.74 Å². The first-order chi connectivity index (χ1) is 7.79. The summed E-state index contributed by atoms with van der Waals surface area (Å²) < 4.78 is 5.56. The monoisotopic (exact) mass is 219 g/mol. The second kappa shape index (κ2) is 5.35. The van der Waals surface area contributed by atoms with Crippen LogP contribution in [0.4, 0.5) is 5.69 Å². The number of ether oxygens (including phenoxy) is 1. The van der Waals surface area contributed by atoms with Crippen LogP contribution in [0.5, 0.6) is 0 Å². The van der Waals surface area contributed by atoms with Gasteiger partial charge in [-0.3, -0.25) is 0 Å². The highest BCUT2D eigenvalue weighted by molar-refractivity contribution is 5.51. The molecule has 1 heterocycles. The first-order valence-electron chi connectivity index (χ1n) is 6.25. The molecule has 2 heteroatoms. The lowest BCUT2D eigenvalue weighted by molar-refractivity contribution is 0.0232. The van der Waals surface area contributed by atoms with Gasteiger partial charge in [-0.05, 0) is 37.8 Å². The lowest BCUT2D eigenvalue weighted by atomic mass is 10.0. The Balaban J connectivity index is 2.02. The SMILES string of the molecule is CCc1ccccc1NC1CCOC(C)C1. The van der Waals surface area contributed by atoms with E-state index in [0.29, 0.717) is 12.1 Å². The Morgan fingerprint density at radius 3 is 2.94 bits per heavy atom. The molecule has 0 saturated carbocycles. The number of para-hydroxylation sites is 1. The molecule has 1 saturated heterocycles. The van der Waals surface area contributed by atoms with Crippen molar-refractivity contribution in [2.75, 3.05) is 11.9 Å². The van der Waals surface area contributed by atoms with E-state index in [-0.39, 0.29) is 0 Å². The Bertz CT molecular complexity index is 337. The third kappa shape index (κ3) is 2.76. The first-order valence-corrected chi connectivity index (χ1v) is 6.25. The molecule has 0 aliphatic carbocycles. The van der Waals surface area contributed by atoms with Crippen LogP contribution in [-0.4, -0.2) is 18.8 Å². The van der Waals surface area contributed by atoms with Gasteiger partial charge in [-0.25, -0.2) is 0 Å². The van der Waals surface area contributed by atoms with Crippen molar-refractivity contribution in [2.24, 2.45) is 0 Å². The van der Waals surface area contributed by atoms with Crippen LogP contribution >= 0.6 is 0 Å². The molecule has 1 aliphatic rings. The molecule has 88 valence electrons. The highest BCUT2D eigenvalue weighted by Gasteiger charge is 2.19. The minimum Gasteiger partial charge on any atom is -0.382 e. The zero-order valence-corrected chi connectivity index (χ0v) is 10.2. The van der Waals surface area contributed by atoms with E-state index in [1.165, 1.54) is 11.3 Å². The van der Waals surface area contributed by atoms with E-state index in [2.05, 4.69) is 43.4 Å². The van der Waals surface area contributed by atoms with E-state index in [0.717, 1.165) is 25.9 Å². The third-order valence-corrected chi connectivity index (χ3v) is 3.24. The quantitative estimate of drug-likeness (QED) is 0.842. The molecule has 0 aromatic heterocycles. The Morgan fingerprint density at radius 2 is 2.19 bits per heavy atom. The van der Waals surface area contributed by atoms with Gasteiger partial charge < -0.3 is 10.1 Å². The van der Waals surface area contributed by atoms with Gasteiger partial charge in [0.2, 0.25) is 0 Å². The maximum atomic E-state index is 5.56. The van der Waals surface area contributed by atoms with Crippen molar-refractivity contribution in [3.05, 3.63) is 29.8 Å². The average Bonchev–Trinajstić information content (AvgIpc) is 2.30. The molecule has 2 atom stereocenters. The number of rotatable bonds is 3. The van der Waals surface area contributed by atoms with Crippen LogP contribution < -0.4 is 5.32 Å². The van der Waals surface area contributed by atoms with Crippen molar-refractivity contribution >= 4 is 5.69 Å². The third-order valence-electron chi connectivity index (χ3n) is 3.24.